The van der Waals surface area contributed by atoms with Gasteiger partial charge in [0.15, 0.2) is 0 Å². The third kappa shape index (κ3) is 5.04. The van der Waals surface area contributed by atoms with Crippen LogP contribution in [0, 0.1) is 23.6 Å². The standard InChI is InChI=1S/C23H24FN5O3/c1-4-14-5-8-16(9-6-14)26-23(32)29-13-17(30)12-20(29)22(31)27-19-10-7-15(11-18(19)24)21(25)28(2)3/h1,5-11,17,20,25,30H,12-13H2,2-3H3,(H,26,32)(H,27,31)/t17-,20+/m1/s1. The van der Waals surface area contributed by atoms with Gasteiger partial charge < -0.3 is 25.5 Å². The maximum absolute atomic E-state index is 14.5. The van der Waals surface area contributed by atoms with Crippen molar-refractivity contribution in [3.8, 4) is 12.3 Å². The topological polar surface area (TPSA) is 109 Å². The zero-order valence-corrected chi connectivity index (χ0v) is 17.7. The van der Waals surface area contributed by atoms with E-state index in [0.29, 0.717) is 16.8 Å². The molecule has 3 rings (SSSR count). The fourth-order valence-electron chi connectivity index (χ4n) is 3.37. The Bertz CT molecular complexity index is 1080. The van der Waals surface area contributed by atoms with Gasteiger partial charge in [0.05, 0.1) is 11.8 Å². The molecule has 166 valence electrons. The minimum absolute atomic E-state index is 0.0280. The average molecular weight is 437 g/mol. The second-order valence-corrected chi connectivity index (χ2v) is 7.64. The second-order valence-electron chi connectivity index (χ2n) is 7.64. The first-order chi connectivity index (χ1) is 15.2. The van der Waals surface area contributed by atoms with Gasteiger partial charge in [0.1, 0.15) is 17.7 Å². The zero-order valence-electron chi connectivity index (χ0n) is 17.7. The molecule has 1 heterocycles. The number of rotatable bonds is 4. The number of β-amino-alcohol motifs (C(OH)–C–C–N with tert-alkyl or cyclic N) is 1. The van der Waals surface area contributed by atoms with Crippen LogP contribution in [0.15, 0.2) is 42.5 Å². The molecule has 0 aliphatic carbocycles. The van der Waals surface area contributed by atoms with Crippen LogP contribution in [0.1, 0.15) is 17.5 Å². The minimum Gasteiger partial charge on any atom is -0.391 e. The van der Waals surface area contributed by atoms with Crippen molar-refractivity contribution in [1.29, 1.82) is 5.41 Å². The predicted molar refractivity (Wildman–Crippen MR) is 120 cm³/mol. The van der Waals surface area contributed by atoms with Crippen molar-refractivity contribution >= 4 is 29.1 Å². The van der Waals surface area contributed by atoms with Crippen LogP contribution >= 0.6 is 0 Å². The summed E-state index contributed by atoms with van der Waals surface area (Å²) < 4.78 is 14.5. The van der Waals surface area contributed by atoms with E-state index in [2.05, 4.69) is 16.6 Å². The van der Waals surface area contributed by atoms with E-state index in [4.69, 9.17) is 11.8 Å². The van der Waals surface area contributed by atoms with Gasteiger partial charge in [0.25, 0.3) is 0 Å². The number of likely N-dealkylation sites (tertiary alicyclic amines) is 1. The molecule has 0 radical (unpaired) electrons. The Hall–Kier alpha value is -3.90. The van der Waals surface area contributed by atoms with Crippen molar-refractivity contribution in [2.75, 3.05) is 31.3 Å². The number of aliphatic hydroxyl groups excluding tert-OH is 1. The van der Waals surface area contributed by atoms with Crippen molar-refractivity contribution in [2.45, 2.75) is 18.6 Å². The molecule has 0 spiro atoms. The maximum atomic E-state index is 14.5. The Morgan fingerprint density at radius 1 is 1.22 bits per heavy atom. The van der Waals surface area contributed by atoms with Crippen molar-refractivity contribution in [3.05, 3.63) is 59.4 Å². The molecule has 1 aliphatic heterocycles. The lowest BCUT2D eigenvalue weighted by Crippen LogP contribution is -2.45. The minimum atomic E-state index is -0.978. The molecule has 4 N–H and O–H groups in total. The van der Waals surface area contributed by atoms with E-state index in [0.717, 1.165) is 6.07 Å². The number of carbonyl (C=O) groups is 2. The van der Waals surface area contributed by atoms with Crippen molar-refractivity contribution in [1.82, 2.24) is 9.80 Å². The van der Waals surface area contributed by atoms with Crippen LogP contribution in [0.4, 0.5) is 20.6 Å². The number of carbonyl (C=O) groups excluding carboxylic acids is 2. The van der Waals surface area contributed by atoms with Crippen LogP contribution < -0.4 is 10.6 Å². The van der Waals surface area contributed by atoms with Crippen molar-refractivity contribution in [2.24, 2.45) is 0 Å². The molecule has 32 heavy (non-hydrogen) atoms. The van der Waals surface area contributed by atoms with Gasteiger partial charge in [-0.05, 0) is 42.5 Å². The van der Waals surface area contributed by atoms with Crippen LogP contribution in [-0.4, -0.2) is 65.5 Å². The van der Waals surface area contributed by atoms with E-state index < -0.39 is 29.9 Å². The summed E-state index contributed by atoms with van der Waals surface area (Å²) in [5.74, 6) is 1.28. The lowest BCUT2D eigenvalue weighted by Gasteiger charge is -2.24. The van der Waals surface area contributed by atoms with E-state index in [-0.39, 0.29) is 24.5 Å². The smallest absolute Gasteiger partial charge is 0.322 e. The third-order valence-electron chi connectivity index (χ3n) is 5.09. The summed E-state index contributed by atoms with van der Waals surface area (Å²) in [7, 11) is 3.34. The molecular formula is C23H24FN5O3. The quantitative estimate of drug-likeness (QED) is 0.334. The molecule has 2 atom stereocenters. The number of nitrogens with one attached hydrogen (secondary N) is 3. The van der Waals surface area contributed by atoms with E-state index in [1.807, 2.05) is 0 Å². The molecule has 0 saturated carbocycles. The highest BCUT2D eigenvalue weighted by molar-refractivity contribution is 6.00. The van der Waals surface area contributed by atoms with E-state index in [1.165, 1.54) is 21.9 Å². The Labute approximate surface area is 185 Å². The fraction of sp³-hybridized carbons (Fsp3) is 0.261. The van der Waals surface area contributed by atoms with Crippen LogP contribution in [0.25, 0.3) is 0 Å². The van der Waals surface area contributed by atoms with Gasteiger partial charge in [-0.1, -0.05) is 5.92 Å². The predicted octanol–water partition coefficient (Wildman–Crippen LogP) is 2.30. The molecule has 0 bridgehead atoms. The maximum Gasteiger partial charge on any atom is 0.322 e. The summed E-state index contributed by atoms with van der Waals surface area (Å²) in [5.41, 5.74) is 1.43. The molecule has 0 aromatic heterocycles. The number of anilines is 2. The fourth-order valence-corrected chi connectivity index (χ4v) is 3.37. The first-order valence-corrected chi connectivity index (χ1v) is 9.88. The number of amides is 3. The molecule has 3 amide bonds. The number of aliphatic hydroxyl groups is 1. The summed E-state index contributed by atoms with van der Waals surface area (Å²) in [4.78, 5) is 28.3. The number of nitrogens with zero attached hydrogens (tertiary/aromatic N) is 2. The summed E-state index contributed by atoms with van der Waals surface area (Å²) in [5, 5.41) is 23.1. The number of hydrogen-bond acceptors (Lipinski definition) is 4. The molecule has 1 saturated heterocycles. The van der Waals surface area contributed by atoms with E-state index >= 15 is 0 Å². The average Bonchev–Trinajstić information content (AvgIpc) is 3.17. The van der Waals surface area contributed by atoms with Crippen molar-refractivity contribution in [3.63, 3.8) is 0 Å². The molecule has 9 heteroatoms. The van der Waals surface area contributed by atoms with Crippen molar-refractivity contribution < 1.29 is 19.1 Å². The molecule has 2 aromatic carbocycles. The highest BCUT2D eigenvalue weighted by Gasteiger charge is 2.39. The van der Waals surface area contributed by atoms with E-state index in [9.17, 15) is 19.1 Å². The van der Waals surface area contributed by atoms with Gasteiger partial charge in [0.2, 0.25) is 5.91 Å². The Balaban J connectivity index is 1.71. The first kappa shape index (κ1) is 22.8. The SMILES string of the molecule is C#Cc1ccc(NC(=O)N2C[C@H](O)C[C@H]2C(=O)Nc2ccc(C(=N)N(C)C)cc2F)cc1. The molecule has 1 aliphatic rings. The lowest BCUT2D eigenvalue weighted by atomic mass is 10.1. The van der Waals surface area contributed by atoms with Crippen LogP contribution in [-0.2, 0) is 4.79 Å². The summed E-state index contributed by atoms with van der Waals surface area (Å²) in [6, 6.07) is 9.11. The van der Waals surface area contributed by atoms with Crippen LogP contribution in [0.3, 0.4) is 0 Å². The number of urea groups is 1. The monoisotopic (exact) mass is 437 g/mol. The molecule has 0 unspecified atom stereocenters. The van der Waals surface area contributed by atoms with E-state index in [1.54, 1.807) is 38.4 Å². The van der Waals surface area contributed by atoms with Gasteiger partial charge in [-0.15, -0.1) is 6.42 Å². The van der Waals surface area contributed by atoms with Crippen LogP contribution in [0.2, 0.25) is 0 Å². The molecule has 8 nitrogen and oxygen atoms in total. The summed E-state index contributed by atoms with van der Waals surface area (Å²) in [6.07, 6.45) is 4.47. The number of terminal acetylenes is 1. The Kier molecular flexibility index (Phi) is 6.76. The Morgan fingerprint density at radius 3 is 2.50 bits per heavy atom. The largest absolute Gasteiger partial charge is 0.391 e. The van der Waals surface area contributed by atoms with Gasteiger partial charge >= 0.3 is 6.03 Å². The number of benzene rings is 2. The number of amidine groups is 1. The second kappa shape index (κ2) is 9.49. The van der Waals surface area contributed by atoms with Gasteiger partial charge in [-0.2, -0.15) is 0 Å². The number of hydrogen-bond donors (Lipinski definition) is 4. The third-order valence-corrected chi connectivity index (χ3v) is 5.09. The highest BCUT2D eigenvalue weighted by atomic mass is 19.1. The van der Waals surface area contributed by atoms with Gasteiger partial charge in [-0.3, -0.25) is 10.2 Å². The Morgan fingerprint density at radius 2 is 1.91 bits per heavy atom. The summed E-state index contributed by atoms with van der Waals surface area (Å²) in [6.45, 7) is -0.0340. The molecule has 1 fully saturated rings. The van der Waals surface area contributed by atoms with Gasteiger partial charge in [-0.25, -0.2) is 9.18 Å². The van der Waals surface area contributed by atoms with Crippen LogP contribution in [0.5, 0.6) is 0 Å². The van der Waals surface area contributed by atoms with Gasteiger partial charge in [0, 0.05) is 43.9 Å². The zero-order chi connectivity index (χ0) is 23.4. The lowest BCUT2D eigenvalue weighted by molar-refractivity contribution is -0.119. The number of halogens is 1. The molecule has 2 aromatic rings. The molecular weight excluding hydrogens is 413 g/mol. The summed E-state index contributed by atoms with van der Waals surface area (Å²) >= 11 is 0. The highest BCUT2D eigenvalue weighted by Crippen LogP contribution is 2.23. The normalized spacial score (nSPS) is 17.4. The first-order valence-electron chi connectivity index (χ1n) is 9.88.